The van der Waals surface area contributed by atoms with E-state index in [9.17, 15) is 4.21 Å². The van der Waals surface area contributed by atoms with Crippen LogP contribution in [0.4, 0.5) is 5.88 Å². The molecule has 1 heterocycles. The van der Waals surface area contributed by atoms with Crippen molar-refractivity contribution in [3.05, 3.63) is 10.7 Å². The minimum Gasteiger partial charge on any atom is -0.336 e. The van der Waals surface area contributed by atoms with Crippen LogP contribution in [0, 0.1) is 6.92 Å². The SMILES string of the molecule is Cc1noc(NS(=O)O)c1Cl. The number of anilines is 1. The summed E-state index contributed by atoms with van der Waals surface area (Å²) in [5.41, 5.74) is 0.472. The third-order valence-corrected chi connectivity index (χ3v) is 1.78. The Bertz CT molecular complexity index is 287. The fraction of sp³-hybridized carbons (Fsp3) is 0.250. The molecule has 0 radical (unpaired) electrons. The van der Waals surface area contributed by atoms with E-state index in [1.807, 2.05) is 0 Å². The van der Waals surface area contributed by atoms with Crippen molar-refractivity contribution in [2.24, 2.45) is 0 Å². The summed E-state index contributed by atoms with van der Waals surface area (Å²) in [6.07, 6.45) is 0. The van der Waals surface area contributed by atoms with E-state index in [1.54, 1.807) is 6.92 Å². The van der Waals surface area contributed by atoms with E-state index in [4.69, 9.17) is 16.2 Å². The largest absolute Gasteiger partial charge is 0.336 e. The molecule has 0 saturated heterocycles. The first kappa shape index (κ1) is 8.51. The zero-order chi connectivity index (χ0) is 8.43. The van der Waals surface area contributed by atoms with E-state index in [-0.39, 0.29) is 10.9 Å². The molecule has 62 valence electrons. The van der Waals surface area contributed by atoms with Gasteiger partial charge in [-0.3, -0.25) is 4.55 Å². The maximum atomic E-state index is 10.2. The highest BCUT2D eigenvalue weighted by molar-refractivity contribution is 7.80. The van der Waals surface area contributed by atoms with Gasteiger partial charge in [-0.25, -0.2) is 8.93 Å². The monoisotopic (exact) mass is 196 g/mol. The Morgan fingerprint density at radius 1 is 1.82 bits per heavy atom. The highest BCUT2D eigenvalue weighted by Crippen LogP contribution is 2.24. The second kappa shape index (κ2) is 3.21. The molecule has 2 N–H and O–H groups in total. The van der Waals surface area contributed by atoms with Crippen LogP contribution in [0.15, 0.2) is 4.52 Å². The fourth-order valence-corrected chi connectivity index (χ4v) is 0.972. The predicted molar refractivity (Wildman–Crippen MR) is 40.6 cm³/mol. The fourth-order valence-electron chi connectivity index (χ4n) is 0.501. The Kier molecular flexibility index (Phi) is 2.48. The molecule has 0 aliphatic carbocycles. The summed E-state index contributed by atoms with van der Waals surface area (Å²) in [4.78, 5) is 0. The molecule has 0 fully saturated rings. The van der Waals surface area contributed by atoms with Crippen LogP contribution in [0.5, 0.6) is 0 Å². The summed E-state index contributed by atoms with van der Waals surface area (Å²) in [5.74, 6) is 0.00463. The summed E-state index contributed by atoms with van der Waals surface area (Å²) in [7, 11) is 0. The highest BCUT2D eigenvalue weighted by Gasteiger charge is 2.10. The van der Waals surface area contributed by atoms with E-state index in [0.29, 0.717) is 5.69 Å². The van der Waals surface area contributed by atoms with Crippen molar-refractivity contribution in [2.45, 2.75) is 6.92 Å². The van der Waals surface area contributed by atoms with Crippen molar-refractivity contribution >= 4 is 28.8 Å². The van der Waals surface area contributed by atoms with Crippen LogP contribution >= 0.6 is 11.6 Å². The summed E-state index contributed by atoms with van der Waals surface area (Å²) >= 11 is 3.41. The minimum absolute atomic E-state index is 0.00463. The van der Waals surface area contributed by atoms with Gasteiger partial charge in [-0.2, -0.15) is 0 Å². The van der Waals surface area contributed by atoms with Gasteiger partial charge >= 0.3 is 0 Å². The molecule has 0 aliphatic heterocycles. The van der Waals surface area contributed by atoms with Gasteiger partial charge in [0.1, 0.15) is 10.7 Å². The third kappa shape index (κ3) is 1.92. The maximum absolute atomic E-state index is 10.2. The van der Waals surface area contributed by atoms with Gasteiger partial charge in [-0.1, -0.05) is 16.8 Å². The van der Waals surface area contributed by atoms with Gasteiger partial charge < -0.3 is 4.52 Å². The van der Waals surface area contributed by atoms with Gasteiger partial charge in [0.2, 0.25) is 0 Å². The summed E-state index contributed by atoms with van der Waals surface area (Å²) < 4.78 is 25.2. The number of hydrogen-bond donors (Lipinski definition) is 2. The lowest BCUT2D eigenvalue weighted by molar-refractivity contribution is 0.430. The summed E-state index contributed by atoms with van der Waals surface area (Å²) in [6.45, 7) is 1.62. The molecule has 1 unspecified atom stereocenters. The molecule has 1 aromatic rings. The van der Waals surface area contributed by atoms with Crippen molar-refractivity contribution in [3.63, 3.8) is 0 Å². The van der Waals surface area contributed by atoms with Gasteiger partial charge in [-0.15, -0.1) is 0 Å². The molecule has 0 saturated carbocycles. The highest BCUT2D eigenvalue weighted by atomic mass is 35.5. The van der Waals surface area contributed by atoms with Crippen LogP contribution < -0.4 is 4.72 Å². The number of halogens is 1. The molecule has 0 spiro atoms. The molecular weight excluding hydrogens is 192 g/mol. The predicted octanol–water partition coefficient (Wildman–Crippen LogP) is 1.19. The first-order valence-corrected chi connectivity index (χ1v) is 4.09. The lowest BCUT2D eigenvalue weighted by Gasteiger charge is -1.92. The Balaban J connectivity index is 2.87. The Morgan fingerprint density at radius 3 is 2.82 bits per heavy atom. The summed E-state index contributed by atoms with van der Waals surface area (Å²) in [6, 6.07) is 0. The number of hydrogen-bond acceptors (Lipinski definition) is 3. The molecule has 0 bridgehead atoms. The van der Waals surface area contributed by atoms with Gasteiger partial charge in [0.25, 0.3) is 17.2 Å². The Morgan fingerprint density at radius 2 is 2.45 bits per heavy atom. The Hall–Kier alpha value is -0.590. The topological polar surface area (TPSA) is 75.4 Å². The van der Waals surface area contributed by atoms with Gasteiger partial charge in [-0.05, 0) is 6.92 Å². The van der Waals surface area contributed by atoms with Crippen molar-refractivity contribution in [3.8, 4) is 0 Å². The Labute approximate surface area is 70.1 Å². The van der Waals surface area contributed by atoms with E-state index < -0.39 is 11.3 Å². The molecule has 7 heteroatoms. The zero-order valence-corrected chi connectivity index (χ0v) is 7.07. The molecule has 0 aliphatic rings. The molecule has 5 nitrogen and oxygen atoms in total. The second-order valence-corrected chi connectivity index (χ2v) is 2.84. The van der Waals surface area contributed by atoms with E-state index in [1.165, 1.54) is 0 Å². The molecular formula is C4H5ClN2O3S. The summed E-state index contributed by atoms with van der Waals surface area (Å²) in [5, 5.41) is 3.67. The van der Waals surface area contributed by atoms with Crippen LogP contribution in [-0.4, -0.2) is 13.9 Å². The normalized spacial score (nSPS) is 13.0. The van der Waals surface area contributed by atoms with Crippen molar-refractivity contribution < 1.29 is 13.3 Å². The minimum atomic E-state index is -2.18. The van der Waals surface area contributed by atoms with Crippen LogP contribution in [0.1, 0.15) is 5.69 Å². The molecule has 1 rings (SSSR count). The standard InChI is InChI=1S/C4H5ClN2O3S/c1-2-3(5)4(10-6-2)7-11(8)9/h7H,1H3,(H,8,9). The van der Waals surface area contributed by atoms with E-state index in [2.05, 4.69) is 14.4 Å². The first-order chi connectivity index (χ1) is 5.11. The molecule has 1 atom stereocenters. The first-order valence-electron chi connectivity index (χ1n) is 2.60. The number of nitrogens with zero attached hydrogens (tertiary/aromatic N) is 1. The lowest BCUT2D eigenvalue weighted by atomic mass is 10.5. The second-order valence-electron chi connectivity index (χ2n) is 1.76. The lowest BCUT2D eigenvalue weighted by Crippen LogP contribution is -2.00. The molecule has 11 heavy (non-hydrogen) atoms. The van der Waals surface area contributed by atoms with E-state index in [0.717, 1.165) is 0 Å². The number of rotatable bonds is 2. The van der Waals surface area contributed by atoms with E-state index >= 15 is 0 Å². The van der Waals surface area contributed by atoms with Crippen molar-refractivity contribution in [1.82, 2.24) is 5.16 Å². The average molecular weight is 197 g/mol. The third-order valence-electron chi connectivity index (χ3n) is 0.971. The van der Waals surface area contributed by atoms with Gasteiger partial charge in [0.05, 0.1) is 0 Å². The number of nitrogens with one attached hydrogen (secondary N) is 1. The van der Waals surface area contributed by atoms with Crippen molar-refractivity contribution in [1.29, 1.82) is 0 Å². The van der Waals surface area contributed by atoms with Crippen LogP contribution in [0.25, 0.3) is 0 Å². The van der Waals surface area contributed by atoms with Crippen LogP contribution in [0.2, 0.25) is 5.02 Å². The van der Waals surface area contributed by atoms with Crippen LogP contribution in [-0.2, 0) is 11.3 Å². The number of aryl methyl sites for hydroxylation is 1. The molecule has 0 amide bonds. The van der Waals surface area contributed by atoms with Crippen LogP contribution in [0.3, 0.4) is 0 Å². The zero-order valence-electron chi connectivity index (χ0n) is 5.50. The average Bonchev–Trinajstić information content (AvgIpc) is 2.18. The number of aromatic nitrogens is 1. The quantitative estimate of drug-likeness (QED) is 0.697. The smallest absolute Gasteiger partial charge is 0.261 e. The van der Waals surface area contributed by atoms with Gasteiger partial charge in [0, 0.05) is 0 Å². The molecule has 0 aromatic carbocycles. The maximum Gasteiger partial charge on any atom is 0.261 e. The van der Waals surface area contributed by atoms with Crippen molar-refractivity contribution in [2.75, 3.05) is 4.72 Å². The molecule has 1 aromatic heterocycles. The van der Waals surface area contributed by atoms with Gasteiger partial charge in [0.15, 0.2) is 0 Å².